The number of halogens is 1. The molecule has 0 aliphatic heterocycles. The second-order valence-corrected chi connectivity index (χ2v) is 9.16. The highest BCUT2D eigenvalue weighted by molar-refractivity contribution is 8.54. The zero-order chi connectivity index (χ0) is 16.7. The molecule has 1 aromatic heterocycles. The number of benzene rings is 1. The largest absolute Gasteiger partial charge is 0.384 e. The molecule has 0 aliphatic carbocycles. The number of anilines is 1. The summed E-state index contributed by atoms with van der Waals surface area (Å²) in [6, 6.07) is 7.56. The van der Waals surface area contributed by atoms with Crippen LogP contribution < -0.4 is 10.6 Å². The molecule has 1 aromatic carbocycles. The molecular formula is C14H19ClN3O3PS. The molecule has 126 valence electrons. The summed E-state index contributed by atoms with van der Waals surface area (Å²) in [6.07, 6.45) is 2.65. The maximum Gasteiger partial charge on any atom is 0.384 e. The maximum absolute atomic E-state index is 10.7. The van der Waals surface area contributed by atoms with Crippen LogP contribution in [0.15, 0.2) is 30.5 Å². The van der Waals surface area contributed by atoms with Gasteiger partial charge in [-0.2, -0.15) is 0 Å². The Morgan fingerprint density at radius 1 is 1.22 bits per heavy atom. The minimum atomic E-state index is -3.95. The summed E-state index contributed by atoms with van der Waals surface area (Å²) in [6.45, 7) is -1.80. The Morgan fingerprint density at radius 3 is 2.83 bits per heavy atom. The van der Waals surface area contributed by atoms with Gasteiger partial charge in [-0.3, -0.25) is 4.98 Å². The van der Waals surface area contributed by atoms with Crippen LogP contribution in [0.3, 0.4) is 0 Å². The fraction of sp³-hybridized carbons (Fsp3) is 0.357. The van der Waals surface area contributed by atoms with E-state index < -0.39 is 6.80 Å². The van der Waals surface area contributed by atoms with Crippen LogP contribution in [-0.2, 0) is 4.57 Å². The third kappa shape index (κ3) is 6.67. The van der Waals surface area contributed by atoms with Crippen molar-refractivity contribution in [3.63, 3.8) is 0 Å². The molecule has 0 unspecified atom stereocenters. The van der Waals surface area contributed by atoms with Crippen LogP contribution >= 0.6 is 29.8 Å². The minimum Gasteiger partial charge on any atom is -0.384 e. The van der Waals surface area contributed by atoms with E-state index in [0.29, 0.717) is 28.7 Å². The number of rotatable bonds is 9. The Morgan fingerprint density at radius 2 is 2.04 bits per heavy atom. The summed E-state index contributed by atoms with van der Waals surface area (Å²) < 4.78 is 10.7. The summed E-state index contributed by atoms with van der Waals surface area (Å²) >= 11 is 6.63. The van der Waals surface area contributed by atoms with Crippen molar-refractivity contribution in [2.75, 3.05) is 30.7 Å². The molecule has 1 heterocycles. The molecule has 0 fully saturated rings. The van der Waals surface area contributed by atoms with Gasteiger partial charge in [0.25, 0.3) is 0 Å². The smallest absolute Gasteiger partial charge is 0.384 e. The van der Waals surface area contributed by atoms with E-state index >= 15 is 0 Å². The summed E-state index contributed by atoms with van der Waals surface area (Å²) in [4.78, 5) is 21.7. The molecule has 2 aromatic rings. The predicted molar refractivity (Wildman–Crippen MR) is 97.2 cm³/mol. The van der Waals surface area contributed by atoms with Crippen LogP contribution in [0.2, 0.25) is 5.02 Å². The molecule has 0 atom stereocenters. The Labute approximate surface area is 143 Å². The molecule has 0 spiro atoms. The first-order valence-electron chi connectivity index (χ1n) is 7.15. The van der Waals surface area contributed by atoms with Crippen molar-refractivity contribution in [2.24, 2.45) is 0 Å². The van der Waals surface area contributed by atoms with Crippen molar-refractivity contribution < 1.29 is 14.4 Å². The molecule has 4 N–H and O–H groups in total. The number of hydrogen-bond acceptors (Lipinski definition) is 5. The van der Waals surface area contributed by atoms with E-state index in [0.717, 1.165) is 36.1 Å². The van der Waals surface area contributed by atoms with Gasteiger partial charge in [-0.05, 0) is 48.6 Å². The van der Waals surface area contributed by atoms with Gasteiger partial charge in [0, 0.05) is 41.1 Å². The normalized spacial score (nSPS) is 11.8. The van der Waals surface area contributed by atoms with Gasteiger partial charge >= 0.3 is 6.80 Å². The summed E-state index contributed by atoms with van der Waals surface area (Å²) in [5, 5.41) is 8.22. The van der Waals surface area contributed by atoms with E-state index in [2.05, 4.69) is 15.6 Å². The van der Waals surface area contributed by atoms with Crippen molar-refractivity contribution in [3.05, 3.63) is 35.5 Å². The average molecular weight is 376 g/mol. The third-order valence-corrected chi connectivity index (χ3v) is 5.60. The number of fused-ring (bicyclic) bond motifs is 1. The highest BCUT2D eigenvalue weighted by atomic mass is 35.5. The number of pyridine rings is 1. The Bertz CT molecular complexity index is 698. The summed E-state index contributed by atoms with van der Waals surface area (Å²) in [5.41, 5.74) is 1.87. The number of nitrogens with zero attached hydrogens (tertiary/aromatic N) is 1. The third-order valence-electron chi connectivity index (χ3n) is 3.09. The van der Waals surface area contributed by atoms with Gasteiger partial charge in [0.15, 0.2) is 0 Å². The van der Waals surface area contributed by atoms with Crippen LogP contribution in [0.25, 0.3) is 10.9 Å². The van der Waals surface area contributed by atoms with E-state index in [-0.39, 0.29) is 0 Å². The lowest BCUT2D eigenvalue weighted by Gasteiger charge is -2.10. The van der Waals surface area contributed by atoms with Crippen molar-refractivity contribution in [3.8, 4) is 0 Å². The van der Waals surface area contributed by atoms with Crippen molar-refractivity contribution >= 4 is 46.4 Å². The minimum absolute atomic E-state index is 0.396. The first-order chi connectivity index (χ1) is 11.0. The first-order valence-corrected chi connectivity index (χ1v) is 10.7. The molecule has 23 heavy (non-hydrogen) atoms. The van der Waals surface area contributed by atoms with Gasteiger partial charge in [-0.25, -0.2) is 4.57 Å². The molecular weight excluding hydrogens is 357 g/mol. The first kappa shape index (κ1) is 18.5. The number of aromatic nitrogens is 1. The van der Waals surface area contributed by atoms with Gasteiger partial charge in [0.2, 0.25) is 0 Å². The highest BCUT2D eigenvalue weighted by Crippen LogP contribution is 2.49. The van der Waals surface area contributed by atoms with Crippen molar-refractivity contribution in [1.82, 2.24) is 10.3 Å². The molecule has 6 nitrogen and oxygen atoms in total. The van der Waals surface area contributed by atoms with Gasteiger partial charge in [0.05, 0.1) is 5.52 Å². The second kappa shape index (κ2) is 8.87. The molecule has 0 aliphatic rings. The predicted octanol–water partition coefficient (Wildman–Crippen LogP) is 3.11. The van der Waals surface area contributed by atoms with E-state index in [1.54, 1.807) is 6.20 Å². The van der Waals surface area contributed by atoms with E-state index in [1.165, 1.54) is 0 Å². The van der Waals surface area contributed by atoms with Gasteiger partial charge in [0.1, 0.15) is 0 Å². The van der Waals surface area contributed by atoms with Gasteiger partial charge in [-0.15, -0.1) is 0 Å². The van der Waals surface area contributed by atoms with Crippen LogP contribution in [0.4, 0.5) is 5.69 Å². The topological polar surface area (TPSA) is 94.5 Å². The van der Waals surface area contributed by atoms with E-state index in [1.807, 2.05) is 24.3 Å². The molecule has 0 bridgehead atoms. The number of hydrogen-bond donors (Lipinski definition) is 4. The Balaban J connectivity index is 1.70. The summed E-state index contributed by atoms with van der Waals surface area (Å²) in [5.74, 6) is 0.396. The van der Waals surface area contributed by atoms with E-state index in [4.69, 9.17) is 21.4 Å². The number of nitrogens with one attached hydrogen (secondary N) is 2. The highest BCUT2D eigenvalue weighted by Gasteiger charge is 2.11. The summed E-state index contributed by atoms with van der Waals surface area (Å²) in [7, 11) is 0. The lowest BCUT2D eigenvalue weighted by atomic mass is 10.2. The molecule has 9 heteroatoms. The van der Waals surface area contributed by atoms with Crippen LogP contribution in [-0.4, -0.2) is 40.2 Å². The molecule has 0 saturated heterocycles. The van der Waals surface area contributed by atoms with E-state index in [9.17, 15) is 4.57 Å². The molecule has 0 amide bonds. The average Bonchev–Trinajstić information content (AvgIpc) is 2.48. The van der Waals surface area contributed by atoms with Gasteiger partial charge < -0.3 is 20.4 Å². The molecule has 2 rings (SSSR count). The van der Waals surface area contributed by atoms with Crippen LogP contribution in [0.1, 0.15) is 6.42 Å². The fourth-order valence-corrected chi connectivity index (χ4v) is 3.70. The van der Waals surface area contributed by atoms with Crippen molar-refractivity contribution in [1.29, 1.82) is 0 Å². The Kier molecular flexibility index (Phi) is 7.14. The SMILES string of the molecule is O=P(O)(O)SCCNCCCNc1ccnc2cc(Cl)ccc12. The zero-order valence-electron chi connectivity index (χ0n) is 12.4. The lowest BCUT2D eigenvalue weighted by Crippen LogP contribution is -2.20. The Hall–Kier alpha value is -0.820. The van der Waals surface area contributed by atoms with Crippen molar-refractivity contribution in [2.45, 2.75) is 6.42 Å². The zero-order valence-corrected chi connectivity index (χ0v) is 14.9. The van der Waals surface area contributed by atoms with Crippen LogP contribution in [0.5, 0.6) is 0 Å². The lowest BCUT2D eigenvalue weighted by molar-refractivity contribution is 0.397. The molecule has 0 radical (unpaired) electrons. The standard InChI is InChI=1S/C14H19ClN3O3PS/c15-11-2-3-12-13(4-7-18-14(12)10-11)17-6-1-5-16-8-9-23-22(19,20)21/h2-4,7,10,16H,1,5-6,8-9H2,(H,17,18)(H2,19,20,21). The maximum atomic E-state index is 10.7. The second-order valence-electron chi connectivity index (χ2n) is 4.87. The monoisotopic (exact) mass is 375 g/mol. The van der Waals surface area contributed by atoms with Crippen LogP contribution in [0, 0.1) is 0 Å². The quantitative estimate of drug-likeness (QED) is 0.395. The fourth-order valence-electron chi connectivity index (χ4n) is 2.07. The molecule has 0 saturated carbocycles. The van der Waals surface area contributed by atoms with Gasteiger partial charge in [-0.1, -0.05) is 11.6 Å².